The van der Waals surface area contributed by atoms with Gasteiger partial charge in [-0.1, -0.05) is 11.6 Å². The Hall–Kier alpha value is -0.330. The first-order chi connectivity index (χ1) is 8.08. The summed E-state index contributed by atoms with van der Waals surface area (Å²) in [5.74, 6) is -0.0983. The number of amides is 1. The highest BCUT2D eigenvalue weighted by atomic mass is 35.5. The first kappa shape index (κ1) is 17.7. The van der Waals surface area contributed by atoms with Gasteiger partial charge in [0.05, 0.1) is 17.5 Å². The molecule has 0 aliphatic rings. The molecule has 104 valence electrons. The van der Waals surface area contributed by atoms with Crippen LogP contribution in [0.2, 0.25) is 4.34 Å². The maximum Gasteiger partial charge on any atom is 0.242 e. The molecule has 1 atom stereocenters. The third-order valence-corrected chi connectivity index (χ3v) is 3.55. The largest absolute Gasteiger partial charge is 0.383 e. The summed E-state index contributed by atoms with van der Waals surface area (Å²) >= 11 is 7.32. The van der Waals surface area contributed by atoms with Crippen molar-refractivity contribution < 1.29 is 9.53 Å². The van der Waals surface area contributed by atoms with E-state index in [2.05, 4.69) is 0 Å². The van der Waals surface area contributed by atoms with Crippen LogP contribution in [0.5, 0.6) is 0 Å². The molecule has 1 heterocycles. The SMILES string of the molecule is CCN(Cc1ccc(Cl)s1)C(=O)C(N)COC.Cl. The quantitative estimate of drug-likeness (QED) is 0.875. The Morgan fingerprint density at radius 1 is 1.61 bits per heavy atom. The van der Waals surface area contributed by atoms with Gasteiger partial charge in [0.1, 0.15) is 6.04 Å². The molecule has 1 rings (SSSR count). The van der Waals surface area contributed by atoms with Gasteiger partial charge in [0.2, 0.25) is 5.91 Å². The number of thiophene rings is 1. The van der Waals surface area contributed by atoms with E-state index in [1.165, 1.54) is 18.4 Å². The molecule has 7 heteroatoms. The number of nitrogens with two attached hydrogens (primary N) is 1. The van der Waals surface area contributed by atoms with Crippen LogP contribution in [0.25, 0.3) is 0 Å². The fraction of sp³-hybridized carbons (Fsp3) is 0.545. The molecule has 4 nitrogen and oxygen atoms in total. The van der Waals surface area contributed by atoms with Gasteiger partial charge in [-0.2, -0.15) is 0 Å². The molecule has 0 aliphatic carbocycles. The minimum Gasteiger partial charge on any atom is -0.383 e. The number of ether oxygens (including phenoxy) is 1. The van der Waals surface area contributed by atoms with Crippen LogP contribution >= 0.6 is 35.3 Å². The van der Waals surface area contributed by atoms with Crippen molar-refractivity contribution in [3.63, 3.8) is 0 Å². The van der Waals surface area contributed by atoms with Crippen LogP contribution in [0.15, 0.2) is 12.1 Å². The molecule has 0 aromatic carbocycles. The molecular formula is C11H18Cl2N2O2S. The molecular weight excluding hydrogens is 295 g/mol. The van der Waals surface area contributed by atoms with Crippen LogP contribution in [-0.4, -0.2) is 37.1 Å². The number of likely N-dealkylation sites (N-methyl/N-ethyl adjacent to an activating group) is 1. The van der Waals surface area contributed by atoms with Crippen LogP contribution in [0.3, 0.4) is 0 Å². The van der Waals surface area contributed by atoms with Crippen molar-refractivity contribution in [3.8, 4) is 0 Å². The summed E-state index contributed by atoms with van der Waals surface area (Å²) in [5.41, 5.74) is 5.72. The maximum atomic E-state index is 12.0. The maximum absolute atomic E-state index is 12.0. The number of hydrogen-bond acceptors (Lipinski definition) is 4. The van der Waals surface area contributed by atoms with E-state index in [-0.39, 0.29) is 24.9 Å². The molecule has 0 fully saturated rings. The molecule has 1 aromatic rings. The summed E-state index contributed by atoms with van der Waals surface area (Å²) in [7, 11) is 1.53. The Kier molecular flexibility index (Phi) is 8.56. The minimum absolute atomic E-state index is 0. The van der Waals surface area contributed by atoms with Crippen LogP contribution in [0, 0.1) is 0 Å². The van der Waals surface area contributed by atoms with Gasteiger partial charge >= 0.3 is 0 Å². The average molecular weight is 313 g/mol. The van der Waals surface area contributed by atoms with E-state index in [9.17, 15) is 4.79 Å². The highest BCUT2D eigenvalue weighted by Crippen LogP contribution is 2.22. The molecule has 0 saturated heterocycles. The third kappa shape index (κ3) is 5.12. The molecule has 0 aliphatic heterocycles. The lowest BCUT2D eigenvalue weighted by molar-refractivity contribution is -0.134. The van der Waals surface area contributed by atoms with E-state index in [0.717, 1.165) is 9.21 Å². The van der Waals surface area contributed by atoms with E-state index >= 15 is 0 Å². The van der Waals surface area contributed by atoms with Gasteiger partial charge in [-0.3, -0.25) is 4.79 Å². The number of hydrogen-bond donors (Lipinski definition) is 1. The van der Waals surface area contributed by atoms with E-state index in [4.69, 9.17) is 22.1 Å². The predicted molar refractivity (Wildman–Crippen MR) is 77.5 cm³/mol. The molecule has 18 heavy (non-hydrogen) atoms. The summed E-state index contributed by atoms with van der Waals surface area (Å²) in [5, 5.41) is 0. The molecule has 0 spiro atoms. The van der Waals surface area contributed by atoms with Gasteiger partial charge in [-0.05, 0) is 19.1 Å². The van der Waals surface area contributed by atoms with Gasteiger partial charge in [0.25, 0.3) is 0 Å². The monoisotopic (exact) mass is 312 g/mol. The van der Waals surface area contributed by atoms with Gasteiger partial charge in [-0.25, -0.2) is 0 Å². The fourth-order valence-corrected chi connectivity index (χ4v) is 2.56. The number of halogens is 2. The van der Waals surface area contributed by atoms with E-state index in [0.29, 0.717) is 13.1 Å². The smallest absolute Gasteiger partial charge is 0.242 e. The predicted octanol–water partition coefficient (Wildman–Crippen LogP) is 2.15. The Labute approximate surface area is 122 Å². The fourth-order valence-electron chi connectivity index (χ4n) is 1.46. The van der Waals surface area contributed by atoms with Crippen molar-refractivity contribution in [1.82, 2.24) is 4.90 Å². The summed E-state index contributed by atoms with van der Waals surface area (Å²) < 4.78 is 5.61. The van der Waals surface area contributed by atoms with Crippen molar-refractivity contribution >= 4 is 41.3 Å². The molecule has 0 bridgehead atoms. The summed E-state index contributed by atoms with van der Waals surface area (Å²) in [6, 6.07) is 3.15. The van der Waals surface area contributed by atoms with E-state index < -0.39 is 6.04 Å². The van der Waals surface area contributed by atoms with Crippen LogP contribution < -0.4 is 5.73 Å². The second kappa shape index (κ2) is 8.72. The number of carbonyl (C=O) groups excluding carboxylic acids is 1. The van der Waals surface area contributed by atoms with Crippen LogP contribution in [0.1, 0.15) is 11.8 Å². The van der Waals surface area contributed by atoms with Crippen molar-refractivity contribution in [1.29, 1.82) is 0 Å². The average Bonchev–Trinajstić information content (AvgIpc) is 2.71. The lowest BCUT2D eigenvalue weighted by Crippen LogP contribution is -2.45. The second-order valence-electron chi connectivity index (χ2n) is 3.62. The standard InChI is InChI=1S/C11H17ClN2O2S.ClH/c1-3-14(11(15)9(13)7-16-2)6-8-4-5-10(12)17-8;/h4-5,9H,3,6-7,13H2,1-2H3;1H. The van der Waals surface area contributed by atoms with Crippen molar-refractivity contribution in [3.05, 3.63) is 21.3 Å². The molecule has 0 saturated carbocycles. The topological polar surface area (TPSA) is 55.6 Å². The van der Waals surface area contributed by atoms with Crippen molar-refractivity contribution in [2.24, 2.45) is 5.73 Å². The minimum atomic E-state index is -0.601. The van der Waals surface area contributed by atoms with Gasteiger partial charge in [0, 0.05) is 18.5 Å². The Morgan fingerprint density at radius 2 is 2.28 bits per heavy atom. The first-order valence-electron chi connectivity index (χ1n) is 5.36. The second-order valence-corrected chi connectivity index (χ2v) is 5.42. The number of rotatable bonds is 6. The Morgan fingerprint density at radius 3 is 2.72 bits per heavy atom. The van der Waals surface area contributed by atoms with E-state index in [1.54, 1.807) is 4.90 Å². The molecule has 2 N–H and O–H groups in total. The lowest BCUT2D eigenvalue weighted by Gasteiger charge is -2.23. The highest BCUT2D eigenvalue weighted by Gasteiger charge is 2.20. The first-order valence-corrected chi connectivity index (χ1v) is 6.55. The normalized spacial score (nSPS) is 11.8. The van der Waals surface area contributed by atoms with Crippen LogP contribution in [-0.2, 0) is 16.1 Å². The molecule has 1 amide bonds. The van der Waals surface area contributed by atoms with Gasteiger partial charge < -0.3 is 15.4 Å². The zero-order valence-electron chi connectivity index (χ0n) is 10.4. The summed E-state index contributed by atoms with van der Waals surface area (Å²) in [6.07, 6.45) is 0. The molecule has 0 radical (unpaired) electrons. The highest BCUT2D eigenvalue weighted by molar-refractivity contribution is 7.16. The van der Waals surface area contributed by atoms with Crippen LogP contribution in [0.4, 0.5) is 0 Å². The number of nitrogens with zero attached hydrogens (tertiary/aromatic N) is 1. The number of methoxy groups -OCH3 is 1. The van der Waals surface area contributed by atoms with E-state index in [1.807, 2.05) is 19.1 Å². The zero-order valence-corrected chi connectivity index (χ0v) is 12.8. The third-order valence-electron chi connectivity index (χ3n) is 2.33. The lowest BCUT2D eigenvalue weighted by atomic mass is 10.2. The molecule has 1 aromatic heterocycles. The van der Waals surface area contributed by atoms with Crippen molar-refractivity contribution in [2.75, 3.05) is 20.3 Å². The van der Waals surface area contributed by atoms with Crippen molar-refractivity contribution in [2.45, 2.75) is 19.5 Å². The Balaban J connectivity index is 0.00000289. The zero-order chi connectivity index (χ0) is 12.8. The Bertz CT molecular complexity index is 374. The van der Waals surface area contributed by atoms with Gasteiger partial charge in [0.15, 0.2) is 0 Å². The number of carbonyl (C=O) groups is 1. The van der Waals surface area contributed by atoms with Gasteiger partial charge in [-0.15, -0.1) is 23.7 Å². The summed E-state index contributed by atoms with van der Waals surface area (Å²) in [6.45, 7) is 3.32. The molecule has 1 unspecified atom stereocenters. The summed E-state index contributed by atoms with van der Waals surface area (Å²) in [4.78, 5) is 14.7.